The molecule has 2 rings (SSSR count). The number of nitrogens with one attached hydrogen (secondary N) is 1. The fraction of sp³-hybridized carbons (Fsp3) is 0.286. The number of pyridine rings is 2. The third-order valence-corrected chi connectivity index (χ3v) is 3.59. The van der Waals surface area contributed by atoms with Gasteiger partial charge in [0, 0.05) is 18.9 Å². The van der Waals surface area contributed by atoms with Crippen molar-refractivity contribution < 1.29 is 0 Å². The number of hydrogen-bond donors (Lipinski definition) is 1. The lowest BCUT2D eigenvalue weighted by Crippen LogP contribution is -2.13. The van der Waals surface area contributed by atoms with E-state index in [0.29, 0.717) is 5.02 Å². The zero-order valence-electron chi connectivity index (χ0n) is 10.8. The molecule has 0 atom stereocenters. The molecular weight excluding hydrogens is 278 g/mol. The van der Waals surface area contributed by atoms with Crippen molar-refractivity contribution in [1.29, 1.82) is 0 Å². The van der Waals surface area contributed by atoms with Crippen molar-refractivity contribution in [3.05, 3.63) is 47.2 Å². The van der Waals surface area contributed by atoms with E-state index in [1.807, 2.05) is 24.4 Å². The van der Waals surface area contributed by atoms with Crippen LogP contribution in [0.2, 0.25) is 5.02 Å². The molecule has 0 aliphatic heterocycles. The number of rotatable bonds is 6. The molecule has 2 heterocycles. The van der Waals surface area contributed by atoms with Crippen LogP contribution in [0.25, 0.3) is 0 Å². The van der Waals surface area contributed by atoms with E-state index in [4.69, 9.17) is 11.6 Å². The van der Waals surface area contributed by atoms with E-state index in [1.54, 1.807) is 6.20 Å². The van der Waals surface area contributed by atoms with Crippen LogP contribution in [0.4, 0.5) is 0 Å². The van der Waals surface area contributed by atoms with Gasteiger partial charge in [-0.1, -0.05) is 36.4 Å². The largest absolute Gasteiger partial charge is 0.313 e. The molecule has 0 amide bonds. The van der Waals surface area contributed by atoms with Gasteiger partial charge in [-0.2, -0.15) is 0 Å². The Bertz CT molecular complexity index is 499. The average Bonchev–Trinajstić information content (AvgIpc) is 2.44. The Balaban J connectivity index is 1.92. The lowest BCUT2D eigenvalue weighted by atomic mass is 10.3. The van der Waals surface area contributed by atoms with Crippen LogP contribution < -0.4 is 5.32 Å². The minimum absolute atomic E-state index is 0.648. The molecule has 100 valence electrons. The van der Waals surface area contributed by atoms with Crippen molar-refractivity contribution in [3.63, 3.8) is 0 Å². The molecule has 0 saturated carbocycles. The molecule has 0 aliphatic carbocycles. The second kappa shape index (κ2) is 7.48. The maximum Gasteiger partial charge on any atom is 0.102 e. The van der Waals surface area contributed by atoms with E-state index in [-0.39, 0.29) is 0 Å². The highest BCUT2D eigenvalue weighted by molar-refractivity contribution is 7.99. The summed E-state index contributed by atoms with van der Waals surface area (Å²) >= 11 is 7.33. The maximum atomic E-state index is 5.80. The fourth-order valence-electron chi connectivity index (χ4n) is 1.52. The Hall–Kier alpha value is -1.10. The van der Waals surface area contributed by atoms with E-state index in [9.17, 15) is 0 Å². The Morgan fingerprint density at radius 2 is 1.84 bits per heavy atom. The Morgan fingerprint density at radius 1 is 1.11 bits per heavy atom. The lowest BCUT2D eigenvalue weighted by molar-refractivity contribution is 0.673. The molecule has 2 aromatic heterocycles. The van der Waals surface area contributed by atoms with Gasteiger partial charge in [0.15, 0.2) is 0 Å². The van der Waals surface area contributed by atoms with Gasteiger partial charge >= 0.3 is 0 Å². The number of aromatic nitrogens is 2. The van der Waals surface area contributed by atoms with Crippen molar-refractivity contribution in [2.24, 2.45) is 0 Å². The van der Waals surface area contributed by atoms with Crippen LogP contribution in [-0.2, 0) is 6.54 Å². The lowest BCUT2D eigenvalue weighted by Gasteiger charge is -2.04. The van der Waals surface area contributed by atoms with Gasteiger partial charge in [0.1, 0.15) is 10.1 Å². The predicted molar refractivity (Wildman–Crippen MR) is 79.6 cm³/mol. The predicted octanol–water partition coefficient (Wildman–Crippen LogP) is 3.78. The first-order chi connectivity index (χ1) is 9.28. The highest BCUT2D eigenvalue weighted by Crippen LogP contribution is 2.24. The molecule has 0 spiro atoms. The molecule has 5 heteroatoms. The summed E-state index contributed by atoms with van der Waals surface area (Å²) in [5.41, 5.74) is 1.20. The van der Waals surface area contributed by atoms with Crippen LogP contribution in [0.3, 0.4) is 0 Å². The van der Waals surface area contributed by atoms with E-state index < -0.39 is 0 Å². The summed E-state index contributed by atoms with van der Waals surface area (Å²) in [6.07, 6.45) is 4.69. The van der Waals surface area contributed by atoms with Gasteiger partial charge in [-0.25, -0.2) is 9.97 Å². The molecule has 0 bridgehead atoms. The van der Waals surface area contributed by atoms with Crippen LogP contribution in [0.5, 0.6) is 0 Å². The van der Waals surface area contributed by atoms with Gasteiger partial charge in [0.05, 0.1) is 5.02 Å². The molecule has 3 nitrogen and oxygen atoms in total. The van der Waals surface area contributed by atoms with Crippen molar-refractivity contribution in [3.8, 4) is 0 Å². The zero-order valence-corrected chi connectivity index (χ0v) is 12.3. The van der Waals surface area contributed by atoms with Gasteiger partial charge in [0.2, 0.25) is 0 Å². The summed E-state index contributed by atoms with van der Waals surface area (Å²) in [6.45, 7) is 4.06. The van der Waals surface area contributed by atoms with Crippen LogP contribution in [-0.4, -0.2) is 16.5 Å². The summed E-state index contributed by atoms with van der Waals surface area (Å²) < 4.78 is 0. The third-order valence-electron chi connectivity index (χ3n) is 2.46. The summed E-state index contributed by atoms with van der Waals surface area (Å²) in [7, 11) is 0. The van der Waals surface area contributed by atoms with Crippen molar-refractivity contribution in [2.45, 2.75) is 29.9 Å². The van der Waals surface area contributed by atoms with Crippen molar-refractivity contribution in [2.75, 3.05) is 6.54 Å². The van der Waals surface area contributed by atoms with E-state index >= 15 is 0 Å². The monoisotopic (exact) mass is 293 g/mol. The Morgan fingerprint density at radius 3 is 2.42 bits per heavy atom. The first-order valence-electron chi connectivity index (χ1n) is 6.23. The summed E-state index contributed by atoms with van der Waals surface area (Å²) in [5, 5.41) is 5.84. The van der Waals surface area contributed by atoms with Gasteiger partial charge in [0.25, 0.3) is 0 Å². The third kappa shape index (κ3) is 4.82. The fourth-order valence-corrected chi connectivity index (χ4v) is 2.32. The Kier molecular flexibility index (Phi) is 5.63. The highest BCUT2D eigenvalue weighted by Gasteiger charge is 2.01. The molecule has 19 heavy (non-hydrogen) atoms. The molecule has 1 N–H and O–H groups in total. The number of hydrogen-bond acceptors (Lipinski definition) is 4. The average molecular weight is 294 g/mol. The van der Waals surface area contributed by atoms with Crippen molar-refractivity contribution in [1.82, 2.24) is 15.3 Å². The molecular formula is C14H16ClN3S. The van der Waals surface area contributed by atoms with Gasteiger partial charge in [-0.3, -0.25) is 0 Å². The van der Waals surface area contributed by atoms with E-state index in [1.165, 1.54) is 17.3 Å². The minimum Gasteiger partial charge on any atom is -0.313 e. The smallest absolute Gasteiger partial charge is 0.102 e. The number of halogens is 1. The molecule has 0 fully saturated rings. The second-order valence-electron chi connectivity index (χ2n) is 4.10. The maximum absolute atomic E-state index is 5.80. The van der Waals surface area contributed by atoms with Crippen LogP contribution in [0, 0.1) is 0 Å². The first-order valence-corrected chi connectivity index (χ1v) is 7.42. The van der Waals surface area contributed by atoms with Crippen LogP contribution >= 0.6 is 23.4 Å². The molecule has 0 saturated heterocycles. The quantitative estimate of drug-likeness (QED) is 0.823. The minimum atomic E-state index is 0.648. The zero-order chi connectivity index (χ0) is 13.5. The van der Waals surface area contributed by atoms with Gasteiger partial charge < -0.3 is 5.32 Å². The van der Waals surface area contributed by atoms with Crippen LogP contribution in [0.15, 0.2) is 46.7 Å². The summed E-state index contributed by atoms with van der Waals surface area (Å²) in [5.74, 6) is 0. The molecule has 0 aromatic carbocycles. The van der Waals surface area contributed by atoms with Crippen LogP contribution in [0.1, 0.15) is 18.9 Å². The first kappa shape index (κ1) is 14.3. The SMILES string of the molecule is CCCNCc1ccc(Sc2ccc(Cl)cn2)nc1. The normalized spacial score (nSPS) is 10.6. The van der Waals surface area contributed by atoms with Gasteiger partial charge in [-0.15, -0.1) is 0 Å². The topological polar surface area (TPSA) is 37.8 Å². The molecule has 0 radical (unpaired) electrons. The van der Waals surface area contributed by atoms with Crippen molar-refractivity contribution >= 4 is 23.4 Å². The molecule has 2 aromatic rings. The molecule has 0 unspecified atom stereocenters. The summed E-state index contributed by atoms with van der Waals surface area (Å²) in [6, 6.07) is 7.84. The Labute approximate surface area is 122 Å². The van der Waals surface area contributed by atoms with E-state index in [0.717, 1.165) is 29.6 Å². The number of nitrogens with zero attached hydrogens (tertiary/aromatic N) is 2. The van der Waals surface area contributed by atoms with Gasteiger partial charge in [-0.05, 0) is 36.7 Å². The van der Waals surface area contributed by atoms with E-state index in [2.05, 4.69) is 28.3 Å². The summed E-state index contributed by atoms with van der Waals surface area (Å²) in [4.78, 5) is 8.66. The molecule has 0 aliphatic rings. The highest BCUT2D eigenvalue weighted by atomic mass is 35.5. The second-order valence-corrected chi connectivity index (χ2v) is 5.58. The standard InChI is InChI=1S/C14H16ClN3S/c1-2-7-16-8-11-3-5-13(17-9-11)19-14-6-4-12(15)10-18-14/h3-6,9-10,16H,2,7-8H2,1H3.